The zero-order valence-corrected chi connectivity index (χ0v) is 40.4. The number of aromatic nitrogens is 4. The number of nitrogens with zero attached hydrogens (tertiary/aromatic N) is 6. The van der Waals surface area contributed by atoms with Crippen molar-refractivity contribution >= 4 is 74.3 Å². The van der Waals surface area contributed by atoms with E-state index in [1.807, 2.05) is 24.1 Å². The van der Waals surface area contributed by atoms with E-state index in [-0.39, 0.29) is 45.3 Å². The van der Waals surface area contributed by atoms with Crippen LogP contribution in [0.2, 0.25) is 20.1 Å². The second-order valence-corrected chi connectivity index (χ2v) is 18.5. The van der Waals surface area contributed by atoms with Crippen molar-refractivity contribution in [3.05, 3.63) is 109 Å². The number of nitrogens with one attached hydrogen (secondary N) is 2. The summed E-state index contributed by atoms with van der Waals surface area (Å²) in [6, 6.07) is 16.2. The first-order valence-corrected chi connectivity index (χ1v) is 24.3. The molecule has 0 unspecified atom stereocenters. The van der Waals surface area contributed by atoms with Crippen LogP contribution < -0.4 is 15.0 Å². The second kappa shape index (κ2) is 22.5. The van der Waals surface area contributed by atoms with Gasteiger partial charge in [-0.25, -0.2) is 19.5 Å². The van der Waals surface area contributed by atoms with Crippen LogP contribution in [0, 0.1) is 0 Å². The van der Waals surface area contributed by atoms with Gasteiger partial charge in [0, 0.05) is 52.9 Å². The molecule has 2 fully saturated rings. The van der Waals surface area contributed by atoms with Crippen molar-refractivity contribution in [2.75, 3.05) is 32.8 Å². The third kappa shape index (κ3) is 12.2. The van der Waals surface area contributed by atoms with Crippen LogP contribution in [0.5, 0.6) is 5.88 Å². The average molecular weight is 1030 g/mol. The van der Waals surface area contributed by atoms with Gasteiger partial charge in [-0.1, -0.05) is 85.2 Å². The van der Waals surface area contributed by atoms with Crippen LogP contribution in [0.1, 0.15) is 102 Å². The number of esters is 1. The molecule has 3 aromatic carbocycles. The minimum absolute atomic E-state index is 0.0184. The maximum absolute atomic E-state index is 13.3. The maximum atomic E-state index is 13.3. The summed E-state index contributed by atoms with van der Waals surface area (Å²) in [5.41, 5.74) is 3.27. The zero-order chi connectivity index (χ0) is 48.6. The topological polar surface area (TPSA) is 170 Å². The number of piperidine rings is 2. The smallest absolute Gasteiger partial charge is 0.462 e. The van der Waals surface area contributed by atoms with Crippen LogP contribution in [-0.2, 0) is 27.7 Å². The van der Waals surface area contributed by atoms with E-state index in [4.69, 9.17) is 56.2 Å². The lowest BCUT2D eigenvalue weighted by molar-refractivity contribution is -0.0502. The van der Waals surface area contributed by atoms with Gasteiger partial charge in [-0.15, -0.1) is 0 Å². The van der Waals surface area contributed by atoms with E-state index < -0.39 is 27.4 Å². The summed E-state index contributed by atoms with van der Waals surface area (Å²) in [5.74, 6) is -2.12. The van der Waals surface area contributed by atoms with Gasteiger partial charge >= 0.3 is 21.6 Å². The molecular weight excluding hydrogens is 983 g/mol. The molecule has 2 amide bonds. The molecule has 2 aromatic heterocycles. The lowest BCUT2D eigenvalue weighted by atomic mass is 10.0. The molecule has 0 spiro atoms. The van der Waals surface area contributed by atoms with Gasteiger partial charge < -0.3 is 8.92 Å². The Labute approximate surface area is 405 Å². The maximum Gasteiger partial charge on any atom is 0.534 e. The summed E-state index contributed by atoms with van der Waals surface area (Å²) < 4.78 is 74.6. The van der Waals surface area contributed by atoms with Crippen molar-refractivity contribution in [1.82, 2.24) is 40.4 Å². The summed E-state index contributed by atoms with van der Waals surface area (Å²) in [5, 5.41) is 13.5. The van der Waals surface area contributed by atoms with E-state index in [1.54, 1.807) is 46.9 Å². The van der Waals surface area contributed by atoms with E-state index >= 15 is 0 Å². The monoisotopic (exact) mass is 1030 g/mol. The normalized spacial score (nSPS) is 14.8. The first-order valence-electron chi connectivity index (χ1n) is 21.4. The van der Waals surface area contributed by atoms with Gasteiger partial charge in [-0.3, -0.25) is 20.4 Å². The van der Waals surface area contributed by atoms with Crippen molar-refractivity contribution in [2.45, 2.75) is 77.6 Å². The Balaban J connectivity index is 0.000000222. The molecule has 0 radical (unpaired) electrons. The third-order valence-electron chi connectivity index (χ3n) is 10.7. The van der Waals surface area contributed by atoms with Crippen LogP contribution in [-0.4, -0.2) is 94.1 Å². The molecule has 360 valence electrons. The van der Waals surface area contributed by atoms with E-state index in [9.17, 15) is 36.0 Å². The lowest BCUT2D eigenvalue weighted by Crippen LogP contribution is -2.45. The SMILES string of the molecule is CCOC(=O)c1ccc(-c2c(CC)c(C(=O)NN3CCCCC3)nn2-c2ccc(Cl)cc2Cl)cc1.CCc1c(C(=O)NN2CCCCC2)nn(-c2ccc(Cl)cc2Cl)c1OS(=O)(=O)C(F)(F)F. The van der Waals surface area contributed by atoms with E-state index in [0.29, 0.717) is 53.1 Å². The molecule has 2 aliphatic rings. The molecule has 2 aliphatic heterocycles. The second-order valence-electron chi connectivity index (χ2n) is 15.3. The Morgan fingerprint density at radius 3 is 1.58 bits per heavy atom. The molecule has 4 heterocycles. The van der Waals surface area contributed by atoms with Crippen molar-refractivity contribution < 1.29 is 44.9 Å². The molecule has 67 heavy (non-hydrogen) atoms. The Hall–Kier alpha value is -4.89. The Morgan fingerprint density at radius 1 is 0.672 bits per heavy atom. The van der Waals surface area contributed by atoms with Crippen LogP contribution in [0.15, 0.2) is 60.7 Å². The average Bonchev–Trinajstić information content (AvgIpc) is 3.85. The summed E-state index contributed by atoms with van der Waals surface area (Å²) in [6.45, 7) is 8.42. The zero-order valence-electron chi connectivity index (χ0n) is 36.6. The summed E-state index contributed by atoms with van der Waals surface area (Å²) >= 11 is 24.7. The van der Waals surface area contributed by atoms with Crippen molar-refractivity contribution in [3.8, 4) is 28.5 Å². The molecule has 0 bridgehead atoms. The summed E-state index contributed by atoms with van der Waals surface area (Å²) in [4.78, 5) is 38.3. The fraction of sp³-hybridized carbons (Fsp3) is 0.386. The third-order valence-corrected chi connectivity index (χ3v) is 12.7. The quantitative estimate of drug-likeness (QED) is 0.0654. The fourth-order valence-electron chi connectivity index (χ4n) is 7.46. The van der Waals surface area contributed by atoms with Crippen LogP contribution in [0.4, 0.5) is 13.2 Å². The molecule has 23 heteroatoms. The highest BCUT2D eigenvalue weighted by Gasteiger charge is 2.50. The largest absolute Gasteiger partial charge is 0.534 e. The van der Waals surface area contributed by atoms with Gasteiger partial charge in [-0.2, -0.15) is 36.5 Å². The molecule has 15 nitrogen and oxygen atoms in total. The number of ether oxygens (including phenoxy) is 1. The molecule has 2 N–H and O–H groups in total. The number of halogens is 7. The van der Waals surface area contributed by atoms with Gasteiger partial charge in [0.25, 0.3) is 11.8 Å². The first kappa shape index (κ1) is 51.5. The van der Waals surface area contributed by atoms with Crippen molar-refractivity contribution in [2.24, 2.45) is 0 Å². The lowest BCUT2D eigenvalue weighted by Gasteiger charge is -2.26. The van der Waals surface area contributed by atoms with Gasteiger partial charge in [0.15, 0.2) is 11.4 Å². The fourth-order valence-corrected chi connectivity index (χ4v) is 8.91. The standard InChI is InChI=1S/C26H28Cl2N4O3.C18H19Cl2F3N4O4S/c1-3-20-23(25(33)30-31-14-6-5-7-15-31)29-32(22-13-12-19(27)16-21(22)28)24(20)17-8-10-18(11-9-17)26(34)35-4-2;1-2-12-15(16(28)25-26-8-4-3-5-9-26)24-27(14-7-6-11(19)10-13(14)20)17(12)31-32(29,30)18(21,22)23/h8-13,16H,3-7,14-15H2,1-2H3,(H,30,33);6-7,10H,2-5,8-9H2,1H3,(H,25,28). The molecule has 7 rings (SSSR count). The highest BCUT2D eigenvalue weighted by molar-refractivity contribution is 7.88. The number of hydrogen-bond donors (Lipinski definition) is 2. The van der Waals surface area contributed by atoms with Crippen LogP contribution in [0.25, 0.3) is 22.6 Å². The number of rotatable bonds is 13. The highest BCUT2D eigenvalue weighted by atomic mass is 35.5. The number of benzene rings is 3. The van der Waals surface area contributed by atoms with E-state index in [1.165, 1.54) is 31.5 Å². The number of carbonyl (C=O) groups excluding carboxylic acids is 3. The molecule has 2 saturated heterocycles. The van der Waals surface area contributed by atoms with Crippen LogP contribution >= 0.6 is 46.4 Å². The highest BCUT2D eigenvalue weighted by Crippen LogP contribution is 2.37. The van der Waals surface area contributed by atoms with Gasteiger partial charge in [0.05, 0.1) is 39.3 Å². The number of hydrazine groups is 2. The van der Waals surface area contributed by atoms with Crippen molar-refractivity contribution in [3.63, 3.8) is 0 Å². The van der Waals surface area contributed by atoms with Gasteiger partial charge in [0.1, 0.15) is 0 Å². The minimum atomic E-state index is -6.05. The number of carbonyl (C=O) groups is 3. The Kier molecular flexibility index (Phi) is 17.3. The predicted octanol–water partition coefficient (Wildman–Crippen LogP) is 9.82. The number of amides is 2. The molecule has 0 atom stereocenters. The van der Waals surface area contributed by atoms with Crippen LogP contribution in [0.3, 0.4) is 0 Å². The summed E-state index contributed by atoms with van der Waals surface area (Å²) in [7, 11) is -6.05. The van der Waals surface area contributed by atoms with Gasteiger partial charge in [0.2, 0.25) is 5.88 Å². The molecular formula is C44H47Cl4F3N8O7S. The number of alkyl halides is 3. The minimum Gasteiger partial charge on any atom is -0.462 e. The predicted molar refractivity (Wildman–Crippen MR) is 249 cm³/mol. The molecule has 0 aliphatic carbocycles. The molecule has 5 aromatic rings. The Bertz CT molecular complexity index is 2710. The molecule has 0 saturated carbocycles. The Morgan fingerprint density at radius 2 is 1.13 bits per heavy atom. The van der Waals surface area contributed by atoms with E-state index in [0.717, 1.165) is 66.7 Å². The number of hydrogen-bond acceptors (Lipinski definition) is 11. The first-order chi connectivity index (χ1) is 31.9. The summed E-state index contributed by atoms with van der Waals surface area (Å²) in [6.07, 6.45) is 6.55. The van der Waals surface area contributed by atoms with Gasteiger partial charge in [-0.05, 0) is 94.0 Å². The van der Waals surface area contributed by atoms with Crippen molar-refractivity contribution in [1.29, 1.82) is 0 Å². The van der Waals surface area contributed by atoms with E-state index in [2.05, 4.69) is 20.1 Å².